The molecule has 6 heteroatoms. The Morgan fingerprint density at radius 2 is 1.66 bits per heavy atom. The maximum atomic E-state index is 14.3. The first-order valence-corrected chi connectivity index (χ1v) is 13.4. The summed E-state index contributed by atoms with van der Waals surface area (Å²) in [5, 5.41) is 0.907. The van der Waals surface area contributed by atoms with E-state index in [-0.39, 0.29) is 23.1 Å². The number of halogens is 2. The van der Waals surface area contributed by atoms with Gasteiger partial charge in [0, 0.05) is 28.7 Å². The van der Waals surface area contributed by atoms with Crippen molar-refractivity contribution in [2.75, 3.05) is 20.6 Å². The molecule has 1 amide bonds. The van der Waals surface area contributed by atoms with Gasteiger partial charge < -0.3 is 9.88 Å². The Hall–Kier alpha value is -3.51. The minimum absolute atomic E-state index is 0.106. The van der Waals surface area contributed by atoms with Crippen LogP contribution in [0.4, 0.5) is 8.78 Å². The molecule has 1 saturated carbocycles. The molecule has 1 N–H and O–H groups in total. The van der Waals surface area contributed by atoms with E-state index < -0.39 is 5.54 Å². The normalized spacial score (nSPS) is 23.2. The summed E-state index contributed by atoms with van der Waals surface area (Å²) in [6.07, 6.45) is 4.01. The van der Waals surface area contributed by atoms with Crippen LogP contribution in [0.5, 0.6) is 0 Å². The molecule has 0 unspecified atom stereocenters. The summed E-state index contributed by atoms with van der Waals surface area (Å²) in [4.78, 5) is 21.8. The van der Waals surface area contributed by atoms with Crippen molar-refractivity contribution in [3.05, 3.63) is 107 Å². The molecule has 1 spiro atoms. The Morgan fingerprint density at radius 1 is 0.921 bits per heavy atom. The van der Waals surface area contributed by atoms with Crippen molar-refractivity contribution in [3.8, 4) is 0 Å². The monoisotopic (exact) mass is 513 g/mol. The van der Waals surface area contributed by atoms with E-state index in [1.807, 2.05) is 36.4 Å². The Bertz CT molecular complexity index is 1490. The molecule has 4 nitrogen and oxygen atoms in total. The van der Waals surface area contributed by atoms with Gasteiger partial charge in [0.1, 0.15) is 11.6 Å². The van der Waals surface area contributed by atoms with Crippen LogP contribution in [0.2, 0.25) is 0 Å². The number of aromatic nitrogens is 1. The molecular weight excluding hydrogens is 480 g/mol. The van der Waals surface area contributed by atoms with Crippen molar-refractivity contribution in [3.63, 3.8) is 0 Å². The zero-order valence-corrected chi connectivity index (χ0v) is 21.9. The van der Waals surface area contributed by atoms with Crippen molar-refractivity contribution in [1.82, 2.24) is 14.8 Å². The number of amides is 1. The highest BCUT2D eigenvalue weighted by Crippen LogP contribution is 2.53. The molecule has 196 valence electrons. The van der Waals surface area contributed by atoms with Crippen LogP contribution in [0.15, 0.2) is 72.8 Å². The van der Waals surface area contributed by atoms with Crippen molar-refractivity contribution in [1.29, 1.82) is 0 Å². The molecule has 1 aromatic heterocycles. The molecule has 3 aromatic carbocycles. The highest BCUT2D eigenvalue weighted by atomic mass is 19.1. The second kappa shape index (κ2) is 9.35. The van der Waals surface area contributed by atoms with Gasteiger partial charge in [-0.2, -0.15) is 0 Å². The van der Waals surface area contributed by atoms with E-state index >= 15 is 0 Å². The second-order valence-electron chi connectivity index (χ2n) is 11.1. The molecule has 6 rings (SSSR count). The first-order valence-electron chi connectivity index (χ1n) is 13.4. The van der Waals surface area contributed by atoms with Crippen LogP contribution in [0.3, 0.4) is 0 Å². The Kier molecular flexibility index (Phi) is 6.10. The van der Waals surface area contributed by atoms with Gasteiger partial charge in [0.15, 0.2) is 0 Å². The zero-order valence-electron chi connectivity index (χ0n) is 21.9. The molecule has 2 heterocycles. The lowest BCUT2D eigenvalue weighted by molar-refractivity contribution is -0.142. The number of nitrogens with zero attached hydrogens (tertiary/aromatic N) is 2. The third kappa shape index (κ3) is 3.93. The standard InChI is InChI=1S/C32H33F2N3O/c1-36(2)31(23-9-6-10-24(33)20-23)14-16-32(17-15-31)30-26(27-21-25(34)11-12-28(27)35-30)13-18-37(32)29(38)19-22-7-4-3-5-8-22/h3-12,20-21,35H,13-19H2,1-2H3/t31-,32-. The van der Waals surface area contributed by atoms with Crippen LogP contribution < -0.4 is 0 Å². The quantitative estimate of drug-likeness (QED) is 0.348. The lowest BCUT2D eigenvalue weighted by Crippen LogP contribution is -2.58. The van der Waals surface area contributed by atoms with Gasteiger partial charge in [-0.1, -0.05) is 42.5 Å². The number of carbonyl (C=O) groups is 1. The van der Waals surface area contributed by atoms with Gasteiger partial charge in [-0.15, -0.1) is 0 Å². The fourth-order valence-corrected chi connectivity index (χ4v) is 7.05. The molecule has 0 saturated heterocycles. The molecule has 0 bridgehead atoms. The number of hydrogen-bond acceptors (Lipinski definition) is 2. The van der Waals surface area contributed by atoms with E-state index in [1.54, 1.807) is 24.3 Å². The van der Waals surface area contributed by atoms with Gasteiger partial charge in [0.05, 0.1) is 12.0 Å². The molecule has 0 atom stereocenters. The van der Waals surface area contributed by atoms with Crippen molar-refractivity contribution >= 4 is 16.8 Å². The van der Waals surface area contributed by atoms with Crippen molar-refractivity contribution in [2.45, 2.75) is 49.6 Å². The fraction of sp³-hybridized carbons (Fsp3) is 0.344. The maximum absolute atomic E-state index is 14.3. The molecule has 1 fully saturated rings. The van der Waals surface area contributed by atoms with Gasteiger partial charge in [-0.05, 0) is 93.2 Å². The molecule has 38 heavy (non-hydrogen) atoms. The average molecular weight is 514 g/mol. The van der Waals surface area contributed by atoms with E-state index in [2.05, 4.69) is 28.9 Å². The largest absolute Gasteiger partial charge is 0.356 e. The predicted octanol–water partition coefficient (Wildman–Crippen LogP) is 6.30. The minimum atomic E-state index is -0.526. The first kappa shape index (κ1) is 24.8. The highest BCUT2D eigenvalue weighted by molar-refractivity contribution is 5.87. The minimum Gasteiger partial charge on any atom is -0.356 e. The summed E-state index contributed by atoms with van der Waals surface area (Å²) >= 11 is 0. The maximum Gasteiger partial charge on any atom is 0.227 e. The smallest absolute Gasteiger partial charge is 0.227 e. The van der Waals surface area contributed by atoms with Crippen molar-refractivity contribution in [2.24, 2.45) is 0 Å². The Morgan fingerprint density at radius 3 is 2.37 bits per heavy atom. The third-order valence-electron chi connectivity index (χ3n) is 9.06. The number of benzene rings is 3. The van der Waals surface area contributed by atoms with E-state index in [4.69, 9.17) is 0 Å². The average Bonchev–Trinajstić information content (AvgIpc) is 3.29. The van der Waals surface area contributed by atoms with E-state index in [9.17, 15) is 13.6 Å². The molecule has 4 aromatic rings. The predicted molar refractivity (Wildman–Crippen MR) is 146 cm³/mol. The molecule has 1 aliphatic heterocycles. The van der Waals surface area contributed by atoms with Crippen LogP contribution in [0, 0.1) is 11.6 Å². The zero-order chi connectivity index (χ0) is 26.5. The second-order valence-corrected chi connectivity index (χ2v) is 11.1. The van der Waals surface area contributed by atoms with Crippen LogP contribution in [0.1, 0.15) is 48.1 Å². The number of aromatic amines is 1. The van der Waals surface area contributed by atoms with Gasteiger partial charge in [0.2, 0.25) is 5.91 Å². The van der Waals surface area contributed by atoms with Crippen LogP contribution in [-0.2, 0) is 28.7 Å². The van der Waals surface area contributed by atoms with Gasteiger partial charge in [0.25, 0.3) is 0 Å². The van der Waals surface area contributed by atoms with Crippen LogP contribution >= 0.6 is 0 Å². The topological polar surface area (TPSA) is 39.3 Å². The lowest BCUT2D eigenvalue weighted by atomic mass is 9.65. The van der Waals surface area contributed by atoms with Gasteiger partial charge in [-0.25, -0.2) is 8.78 Å². The van der Waals surface area contributed by atoms with E-state index in [0.717, 1.165) is 59.0 Å². The summed E-state index contributed by atoms with van der Waals surface area (Å²) in [5.41, 5.74) is 4.16. The molecule has 0 radical (unpaired) electrons. The summed E-state index contributed by atoms with van der Waals surface area (Å²) in [6, 6.07) is 21.7. The summed E-state index contributed by atoms with van der Waals surface area (Å²) in [6.45, 7) is 0.594. The number of H-pyrrole nitrogens is 1. The Balaban J connectivity index is 1.43. The summed E-state index contributed by atoms with van der Waals surface area (Å²) < 4.78 is 28.6. The van der Waals surface area contributed by atoms with Gasteiger partial charge >= 0.3 is 0 Å². The summed E-state index contributed by atoms with van der Waals surface area (Å²) in [7, 11) is 4.11. The summed E-state index contributed by atoms with van der Waals surface area (Å²) in [5.74, 6) is -0.381. The highest BCUT2D eigenvalue weighted by Gasteiger charge is 2.53. The van der Waals surface area contributed by atoms with Crippen LogP contribution in [0.25, 0.3) is 10.9 Å². The number of fused-ring (bicyclic) bond motifs is 4. The third-order valence-corrected chi connectivity index (χ3v) is 9.06. The Labute approximate surface area is 222 Å². The molecule has 1 aliphatic carbocycles. The fourth-order valence-electron chi connectivity index (χ4n) is 7.05. The van der Waals surface area contributed by atoms with Crippen LogP contribution in [-0.4, -0.2) is 41.3 Å². The number of hydrogen-bond donors (Lipinski definition) is 1. The first-order chi connectivity index (χ1) is 18.3. The number of carbonyl (C=O) groups excluding carboxylic acids is 1. The van der Waals surface area contributed by atoms with E-state index in [0.29, 0.717) is 19.4 Å². The van der Waals surface area contributed by atoms with Crippen molar-refractivity contribution < 1.29 is 13.6 Å². The number of nitrogens with one attached hydrogen (secondary N) is 1. The molecule has 2 aliphatic rings. The van der Waals surface area contributed by atoms with E-state index in [1.165, 1.54) is 12.1 Å². The number of rotatable bonds is 4. The molecular formula is C32H33F2N3O. The lowest BCUT2D eigenvalue weighted by Gasteiger charge is -2.55. The van der Waals surface area contributed by atoms with Gasteiger partial charge in [-0.3, -0.25) is 9.69 Å². The SMILES string of the molecule is CN(C)[C@]1(c2cccc(F)c2)CC[C@@]2(CC1)c1[nH]c3ccc(F)cc3c1CCN2C(=O)Cc1ccccc1.